The molecule has 0 radical (unpaired) electrons. The number of aromatic nitrogens is 1. The minimum Gasteiger partial charge on any atom is -0.473 e. The summed E-state index contributed by atoms with van der Waals surface area (Å²) in [7, 11) is 0. The lowest BCUT2D eigenvalue weighted by atomic mass is 10.2. The van der Waals surface area contributed by atoms with E-state index >= 15 is 0 Å². The summed E-state index contributed by atoms with van der Waals surface area (Å²) in [5.41, 5.74) is 6.46. The van der Waals surface area contributed by atoms with Crippen LogP contribution in [0.1, 0.15) is 32.3 Å². The molecule has 1 unspecified atom stereocenters. The number of hydrogen-bond donors (Lipinski definition) is 1. The highest BCUT2D eigenvalue weighted by atomic mass is 16.5. The van der Waals surface area contributed by atoms with Crippen molar-refractivity contribution < 1.29 is 4.74 Å². The molecule has 1 aromatic heterocycles. The normalized spacial score (nSPS) is 11.8. The van der Waals surface area contributed by atoms with Crippen LogP contribution in [0.3, 0.4) is 0 Å². The van der Waals surface area contributed by atoms with Gasteiger partial charge in [0.1, 0.15) is 11.8 Å². The molecule has 0 fully saturated rings. The maximum absolute atomic E-state index is 8.77. The highest BCUT2D eigenvalue weighted by Crippen LogP contribution is 2.23. The van der Waals surface area contributed by atoms with Crippen molar-refractivity contribution in [1.29, 1.82) is 5.26 Å². The number of rotatable bonds is 4. The van der Waals surface area contributed by atoms with Gasteiger partial charge in [0.25, 0.3) is 0 Å². The first-order chi connectivity index (χ1) is 7.19. The molecule has 0 aromatic carbocycles. The summed E-state index contributed by atoms with van der Waals surface area (Å²) in [6, 6.07) is 3.57. The molecule has 0 aliphatic carbocycles. The van der Waals surface area contributed by atoms with Crippen molar-refractivity contribution in [2.24, 2.45) is 0 Å². The third-order valence-electron chi connectivity index (χ3n) is 2.08. The number of nitrogen functional groups attached to an aromatic ring is 1. The molecule has 1 atom stereocenters. The van der Waals surface area contributed by atoms with Crippen LogP contribution in [0.25, 0.3) is 0 Å². The Bertz CT molecular complexity index is 371. The number of nitrogens with two attached hydrogens (primary N) is 1. The van der Waals surface area contributed by atoms with E-state index < -0.39 is 0 Å². The van der Waals surface area contributed by atoms with Gasteiger partial charge in [-0.3, -0.25) is 0 Å². The third-order valence-corrected chi connectivity index (χ3v) is 2.08. The Kier molecular flexibility index (Phi) is 3.92. The van der Waals surface area contributed by atoms with Crippen LogP contribution in [0.15, 0.2) is 12.3 Å². The van der Waals surface area contributed by atoms with E-state index in [0.29, 0.717) is 17.1 Å². The maximum Gasteiger partial charge on any atom is 0.238 e. The molecule has 0 saturated heterocycles. The van der Waals surface area contributed by atoms with Crippen molar-refractivity contribution in [1.82, 2.24) is 4.98 Å². The van der Waals surface area contributed by atoms with Crippen LogP contribution in [0, 0.1) is 11.3 Å². The monoisotopic (exact) mass is 205 g/mol. The van der Waals surface area contributed by atoms with E-state index in [4.69, 9.17) is 15.7 Å². The van der Waals surface area contributed by atoms with E-state index in [1.807, 2.05) is 13.0 Å². The topological polar surface area (TPSA) is 71.9 Å². The Balaban J connectivity index is 2.82. The van der Waals surface area contributed by atoms with Crippen LogP contribution >= 0.6 is 0 Å². The fourth-order valence-electron chi connectivity index (χ4n) is 1.30. The third kappa shape index (κ3) is 2.84. The predicted octanol–water partition coefficient (Wildman–Crippen LogP) is 2.10. The largest absolute Gasteiger partial charge is 0.473 e. The first-order valence-electron chi connectivity index (χ1n) is 5.00. The Morgan fingerprint density at radius 3 is 3.00 bits per heavy atom. The van der Waals surface area contributed by atoms with Crippen molar-refractivity contribution >= 4 is 5.69 Å². The van der Waals surface area contributed by atoms with Gasteiger partial charge >= 0.3 is 0 Å². The smallest absolute Gasteiger partial charge is 0.238 e. The van der Waals surface area contributed by atoms with Crippen molar-refractivity contribution in [2.45, 2.75) is 32.8 Å². The van der Waals surface area contributed by atoms with Gasteiger partial charge in [0.15, 0.2) is 0 Å². The van der Waals surface area contributed by atoms with Crippen LogP contribution in [0.5, 0.6) is 5.88 Å². The van der Waals surface area contributed by atoms with Gasteiger partial charge < -0.3 is 10.5 Å². The number of pyridine rings is 1. The molecular formula is C11H15N3O. The molecule has 15 heavy (non-hydrogen) atoms. The zero-order valence-corrected chi connectivity index (χ0v) is 9.03. The molecule has 0 spiro atoms. The molecule has 0 aliphatic heterocycles. The van der Waals surface area contributed by atoms with Crippen LogP contribution in [-0.2, 0) is 0 Å². The van der Waals surface area contributed by atoms with Crippen molar-refractivity contribution in [2.75, 3.05) is 5.73 Å². The Morgan fingerprint density at radius 1 is 1.67 bits per heavy atom. The van der Waals surface area contributed by atoms with E-state index in [1.54, 1.807) is 6.07 Å². The SMILES string of the molecule is CCCC(C)Oc1nccc(C#N)c1N. The van der Waals surface area contributed by atoms with Crippen LogP contribution in [-0.4, -0.2) is 11.1 Å². The molecule has 0 bridgehead atoms. The number of hydrogen-bond acceptors (Lipinski definition) is 4. The van der Waals surface area contributed by atoms with Crippen LogP contribution in [0.2, 0.25) is 0 Å². The van der Waals surface area contributed by atoms with Gasteiger partial charge in [-0.15, -0.1) is 0 Å². The van der Waals surface area contributed by atoms with Gasteiger partial charge in [-0.25, -0.2) is 4.98 Å². The van der Waals surface area contributed by atoms with E-state index in [-0.39, 0.29) is 6.10 Å². The molecule has 4 heteroatoms. The molecule has 2 N–H and O–H groups in total. The lowest BCUT2D eigenvalue weighted by Gasteiger charge is -2.14. The summed E-state index contributed by atoms with van der Waals surface area (Å²) < 4.78 is 5.54. The van der Waals surface area contributed by atoms with E-state index in [0.717, 1.165) is 12.8 Å². The summed E-state index contributed by atoms with van der Waals surface area (Å²) >= 11 is 0. The summed E-state index contributed by atoms with van der Waals surface area (Å²) in [5.74, 6) is 0.356. The second-order valence-corrected chi connectivity index (χ2v) is 3.41. The quantitative estimate of drug-likeness (QED) is 0.817. The molecular weight excluding hydrogens is 190 g/mol. The van der Waals surface area contributed by atoms with E-state index in [2.05, 4.69) is 11.9 Å². The van der Waals surface area contributed by atoms with Gasteiger partial charge in [-0.1, -0.05) is 13.3 Å². The second-order valence-electron chi connectivity index (χ2n) is 3.41. The van der Waals surface area contributed by atoms with Crippen molar-refractivity contribution in [3.8, 4) is 11.9 Å². The molecule has 1 rings (SSSR count). The highest BCUT2D eigenvalue weighted by Gasteiger charge is 2.10. The first-order valence-corrected chi connectivity index (χ1v) is 5.00. The average Bonchev–Trinajstić information content (AvgIpc) is 2.21. The molecule has 4 nitrogen and oxygen atoms in total. The molecule has 1 aromatic rings. The van der Waals surface area contributed by atoms with Gasteiger partial charge in [-0.05, 0) is 19.4 Å². The summed E-state index contributed by atoms with van der Waals surface area (Å²) in [5, 5.41) is 8.77. The van der Waals surface area contributed by atoms with Gasteiger partial charge in [0.2, 0.25) is 5.88 Å². The molecule has 0 aliphatic rings. The highest BCUT2D eigenvalue weighted by molar-refractivity contribution is 5.59. The van der Waals surface area contributed by atoms with Gasteiger partial charge in [0, 0.05) is 6.20 Å². The fourth-order valence-corrected chi connectivity index (χ4v) is 1.30. The number of nitrogens with zero attached hydrogens (tertiary/aromatic N) is 2. The van der Waals surface area contributed by atoms with Crippen molar-refractivity contribution in [3.05, 3.63) is 17.8 Å². The Labute approximate surface area is 89.7 Å². The zero-order valence-electron chi connectivity index (χ0n) is 9.03. The molecule has 0 saturated carbocycles. The minimum absolute atomic E-state index is 0.0683. The number of nitriles is 1. The number of anilines is 1. The average molecular weight is 205 g/mol. The van der Waals surface area contributed by atoms with Crippen LogP contribution in [0.4, 0.5) is 5.69 Å². The molecule has 80 valence electrons. The second kappa shape index (κ2) is 5.20. The fraction of sp³-hybridized carbons (Fsp3) is 0.455. The molecule has 1 heterocycles. The minimum atomic E-state index is 0.0683. The van der Waals surface area contributed by atoms with Gasteiger partial charge in [0.05, 0.1) is 11.7 Å². The van der Waals surface area contributed by atoms with Crippen molar-refractivity contribution in [3.63, 3.8) is 0 Å². The summed E-state index contributed by atoms with van der Waals surface area (Å²) in [6.45, 7) is 4.05. The lowest BCUT2D eigenvalue weighted by Crippen LogP contribution is -2.13. The standard InChI is InChI=1S/C11H15N3O/c1-3-4-8(2)15-11-10(13)9(7-12)5-6-14-11/h5-6,8H,3-4,13H2,1-2H3. The summed E-state index contributed by atoms with van der Waals surface area (Å²) in [4.78, 5) is 4.01. The Morgan fingerprint density at radius 2 is 2.40 bits per heavy atom. The zero-order chi connectivity index (χ0) is 11.3. The first kappa shape index (κ1) is 11.3. The van der Waals surface area contributed by atoms with Crippen LogP contribution < -0.4 is 10.5 Å². The maximum atomic E-state index is 8.77. The van der Waals surface area contributed by atoms with E-state index in [9.17, 15) is 0 Å². The number of ether oxygens (including phenoxy) is 1. The Hall–Kier alpha value is -1.76. The lowest BCUT2D eigenvalue weighted by molar-refractivity contribution is 0.203. The van der Waals surface area contributed by atoms with E-state index in [1.165, 1.54) is 6.20 Å². The molecule has 0 amide bonds. The predicted molar refractivity (Wildman–Crippen MR) is 58.4 cm³/mol. The summed E-state index contributed by atoms with van der Waals surface area (Å²) in [6.07, 6.45) is 3.58. The van der Waals surface area contributed by atoms with Gasteiger partial charge in [-0.2, -0.15) is 5.26 Å².